The van der Waals surface area contributed by atoms with Gasteiger partial charge in [0.05, 0.1) is 6.61 Å². The molecule has 0 amide bonds. The molecule has 174 valence electrons. The predicted molar refractivity (Wildman–Crippen MR) is 129 cm³/mol. The normalized spacial score (nSPS) is 16.3. The van der Waals surface area contributed by atoms with Crippen molar-refractivity contribution in [1.82, 2.24) is 19.6 Å². The summed E-state index contributed by atoms with van der Waals surface area (Å²) < 4.78 is 22.3. The van der Waals surface area contributed by atoms with Crippen LogP contribution in [0.15, 0.2) is 47.4 Å². The lowest BCUT2D eigenvalue weighted by Gasteiger charge is -2.34. The van der Waals surface area contributed by atoms with Gasteiger partial charge in [-0.05, 0) is 62.7 Å². The topological polar surface area (TPSA) is 72.6 Å². The van der Waals surface area contributed by atoms with Gasteiger partial charge in [-0.15, -0.1) is 5.10 Å². The van der Waals surface area contributed by atoms with Gasteiger partial charge in [0.15, 0.2) is 11.5 Å². The van der Waals surface area contributed by atoms with Gasteiger partial charge in [-0.3, -0.25) is 9.78 Å². The van der Waals surface area contributed by atoms with E-state index in [1.54, 1.807) is 38.2 Å². The summed E-state index contributed by atoms with van der Waals surface area (Å²) in [5.41, 5.74) is 3.80. The van der Waals surface area contributed by atoms with Crippen LogP contribution in [0.2, 0.25) is 5.02 Å². The number of rotatable bonds is 3. The molecule has 3 aromatic heterocycles. The number of morpholine rings is 1. The molecule has 1 fully saturated rings. The Balaban J connectivity index is 1.66. The van der Waals surface area contributed by atoms with Crippen LogP contribution in [0.3, 0.4) is 0 Å². The molecule has 0 spiro atoms. The minimum Gasteiger partial charge on any atom is -0.370 e. The fourth-order valence-electron chi connectivity index (χ4n) is 4.18. The second kappa shape index (κ2) is 8.77. The number of aryl methyl sites for hydroxylation is 2. The Bertz CT molecular complexity index is 1470. The second-order valence-corrected chi connectivity index (χ2v) is 8.88. The Morgan fingerprint density at radius 3 is 2.71 bits per heavy atom. The van der Waals surface area contributed by atoms with Crippen molar-refractivity contribution in [2.45, 2.75) is 26.9 Å². The Hall–Kier alpha value is -3.36. The molecule has 1 aromatic carbocycles. The molecule has 0 saturated carbocycles. The average molecular weight is 480 g/mol. The molecule has 7 nitrogen and oxygen atoms in total. The van der Waals surface area contributed by atoms with Crippen LogP contribution in [-0.2, 0) is 4.74 Å². The van der Waals surface area contributed by atoms with Gasteiger partial charge in [0.25, 0.3) is 5.56 Å². The first-order valence-corrected chi connectivity index (χ1v) is 11.4. The molecular formula is C25H23ClFN5O2. The van der Waals surface area contributed by atoms with E-state index in [1.807, 2.05) is 24.0 Å². The lowest BCUT2D eigenvalue weighted by Crippen LogP contribution is -2.39. The molecule has 1 saturated heterocycles. The Morgan fingerprint density at radius 1 is 1.12 bits per heavy atom. The van der Waals surface area contributed by atoms with Crippen molar-refractivity contribution in [3.63, 3.8) is 0 Å². The lowest BCUT2D eigenvalue weighted by atomic mass is 10.1. The summed E-state index contributed by atoms with van der Waals surface area (Å²) in [7, 11) is 0. The zero-order valence-corrected chi connectivity index (χ0v) is 19.8. The Morgan fingerprint density at radius 2 is 1.94 bits per heavy atom. The molecule has 1 aliphatic rings. The molecule has 0 N–H and O–H groups in total. The number of nitrogens with zero attached hydrogens (tertiary/aromatic N) is 5. The van der Waals surface area contributed by atoms with Gasteiger partial charge < -0.3 is 9.64 Å². The number of ether oxygens (including phenoxy) is 1. The van der Waals surface area contributed by atoms with Gasteiger partial charge in [-0.2, -0.15) is 4.52 Å². The highest BCUT2D eigenvalue weighted by Crippen LogP contribution is 2.32. The lowest BCUT2D eigenvalue weighted by molar-refractivity contribution is 0.0393. The Labute approximate surface area is 200 Å². The van der Waals surface area contributed by atoms with Crippen LogP contribution in [0.4, 0.5) is 10.2 Å². The minimum absolute atomic E-state index is 0.182. The van der Waals surface area contributed by atoms with Crippen LogP contribution < -0.4 is 10.5 Å². The number of hydrogen-bond acceptors (Lipinski definition) is 6. The minimum atomic E-state index is -0.494. The van der Waals surface area contributed by atoms with Crippen LogP contribution >= 0.6 is 11.6 Å². The van der Waals surface area contributed by atoms with Crippen LogP contribution in [0.1, 0.15) is 28.6 Å². The van der Waals surface area contributed by atoms with Crippen LogP contribution in [0, 0.1) is 26.6 Å². The maximum absolute atomic E-state index is 15.0. The standard InChI is InChI=1S/C25H23ClFN5O2/c1-14-10-17(6-7-28-14)22-13-31(8-9-34-22)23-12-20(19-5-4-18(26)11-21(19)27)24-29-16(3)15(2)25(33)32(24)30-23/h4-7,10-12,22H,8-9,13H2,1-3H3. The summed E-state index contributed by atoms with van der Waals surface area (Å²) in [4.78, 5) is 24.0. The number of halogens is 2. The summed E-state index contributed by atoms with van der Waals surface area (Å²) in [5.74, 6) is 0.0502. The highest BCUT2D eigenvalue weighted by molar-refractivity contribution is 6.30. The molecule has 0 radical (unpaired) electrons. The van der Waals surface area contributed by atoms with Gasteiger partial charge in [0.2, 0.25) is 0 Å². The van der Waals surface area contributed by atoms with Gasteiger partial charge in [-0.25, -0.2) is 9.37 Å². The fraction of sp³-hybridized carbons (Fsp3) is 0.280. The molecular weight excluding hydrogens is 457 g/mol. The SMILES string of the molecule is Cc1cc(C2CN(c3cc(-c4ccc(Cl)cc4F)c4nc(C)c(C)c(=O)n4n3)CCO2)ccn1. The van der Waals surface area contributed by atoms with E-state index in [0.717, 1.165) is 11.3 Å². The highest BCUT2D eigenvalue weighted by atomic mass is 35.5. The highest BCUT2D eigenvalue weighted by Gasteiger charge is 2.25. The number of pyridine rings is 1. The number of aromatic nitrogens is 4. The summed E-state index contributed by atoms with van der Waals surface area (Å²) in [5, 5.41) is 4.92. The third-order valence-corrected chi connectivity index (χ3v) is 6.39. The van der Waals surface area contributed by atoms with E-state index >= 15 is 0 Å². The first kappa shape index (κ1) is 22.4. The van der Waals surface area contributed by atoms with E-state index in [-0.39, 0.29) is 11.7 Å². The predicted octanol–water partition coefficient (Wildman–Crippen LogP) is 4.45. The number of anilines is 1. The van der Waals surface area contributed by atoms with Gasteiger partial charge in [0, 0.05) is 52.4 Å². The molecule has 5 rings (SSSR count). The maximum atomic E-state index is 15.0. The van der Waals surface area contributed by atoms with Crippen molar-refractivity contribution in [2.24, 2.45) is 0 Å². The molecule has 34 heavy (non-hydrogen) atoms. The number of hydrogen-bond donors (Lipinski definition) is 0. The van der Waals surface area contributed by atoms with E-state index in [0.29, 0.717) is 58.6 Å². The van der Waals surface area contributed by atoms with Crippen molar-refractivity contribution in [3.8, 4) is 11.1 Å². The van der Waals surface area contributed by atoms with E-state index in [1.165, 1.54) is 10.6 Å². The van der Waals surface area contributed by atoms with Gasteiger partial charge >= 0.3 is 0 Å². The number of fused-ring (bicyclic) bond motifs is 1. The Kier molecular flexibility index (Phi) is 5.79. The first-order valence-electron chi connectivity index (χ1n) is 11.0. The molecule has 1 unspecified atom stereocenters. The molecule has 4 heterocycles. The number of benzene rings is 1. The zero-order valence-electron chi connectivity index (χ0n) is 19.0. The van der Waals surface area contributed by atoms with Gasteiger partial charge in [0.1, 0.15) is 11.9 Å². The maximum Gasteiger partial charge on any atom is 0.277 e. The van der Waals surface area contributed by atoms with Crippen molar-refractivity contribution >= 4 is 23.1 Å². The summed E-state index contributed by atoms with van der Waals surface area (Å²) >= 11 is 5.98. The smallest absolute Gasteiger partial charge is 0.277 e. The third kappa shape index (κ3) is 4.03. The van der Waals surface area contributed by atoms with Crippen molar-refractivity contribution in [1.29, 1.82) is 0 Å². The van der Waals surface area contributed by atoms with E-state index in [9.17, 15) is 9.18 Å². The molecule has 9 heteroatoms. The van der Waals surface area contributed by atoms with E-state index in [2.05, 4.69) is 15.1 Å². The molecule has 1 atom stereocenters. The van der Waals surface area contributed by atoms with E-state index in [4.69, 9.17) is 16.3 Å². The third-order valence-electron chi connectivity index (χ3n) is 6.15. The van der Waals surface area contributed by atoms with Crippen molar-refractivity contribution < 1.29 is 9.13 Å². The molecule has 4 aromatic rings. The van der Waals surface area contributed by atoms with Gasteiger partial charge in [-0.1, -0.05) is 11.6 Å². The van der Waals surface area contributed by atoms with Crippen molar-refractivity contribution in [2.75, 3.05) is 24.6 Å². The van der Waals surface area contributed by atoms with Crippen LogP contribution in [0.5, 0.6) is 0 Å². The summed E-state index contributed by atoms with van der Waals surface area (Å²) in [6.07, 6.45) is 1.58. The summed E-state index contributed by atoms with van der Waals surface area (Å²) in [6.45, 7) is 6.99. The average Bonchev–Trinajstić information content (AvgIpc) is 2.82. The van der Waals surface area contributed by atoms with Crippen molar-refractivity contribution in [3.05, 3.63) is 86.3 Å². The fourth-order valence-corrected chi connectivity index (χ4v) is 4.34. The monoisotopic (exact) mass is 479 g/mol. The molecule has 1 aliphatic heterocycles. The largest absolute Gasteiger partial charge is 0.370 e. The molecule has 0 aliphatic carbocycles. The van der Waals surface area contributed by atoms with Crippen LogP contribution in [0.25, 0.3) is 16.8 Å². The molecule has 0 bridgehead atoms. The summed E-state index contributed by atoms with van der Waals surface area (Å²) in [6, 6.07) is 10.2. The quantitative estimate of drug-likeness (QED) is 0.432. The first-order chi connectivity index (χ1) is 16.3. The van der Waals surface area contributed by atoms with E-state index < -0.39 is 5.82 Å². The van der Waals surface area contributed by atoms with Crippen LogP contribution in [-0.4, -0.2) is 39.3 Å². The second-order valence-electron chi connectivity index (χ2n) is 8.44. The zero-order chi connectivity index (χ0) is 24.0.